The number of hydrogen-bond donors (Lipinski definition) is 2. The van der Waals surface area contributed by atoms with Gasteiger partial charge in [-0.25, -0.2) is 12.7 Å². The van der Waals surface area contributed by atoms with E-state index in [1.165, 1.54) is 20.2 Å². The first-order chi connectivity index (χ1) is 8.84. The zero-order valence-corrected chi connectivity index (χ0v) is 11.9. The van der Waals surface area contributed by atoms with Crippen LogP contribution in [0.4, 0.5) is 11.4 Å². The SMILES string of the molecule is CN(C)S(=O)(=O)c1cccc(N2CCC(O)C2)c1N. The Bertz CT molecular complexity index is 572. The van der Waals surface area contributed by atoms with Crippen LogP contribution < -0.4 is 10.6 Å². The molecule has 0 bridgehead atoms. The number of rotatable bonds is 3. The van der Waals surface area contributed by atoms with Crippen LogP contribution in [0.2, 0.25) is 0 Å². The molecule has 0 saturated carbocycles. The van der Waals surface area contributed by atoms with Crippen LogP contribution in [0.5, 0.6) is 0 Å². The zero-order valence-electron chi connectivity index (χ0n) is 11.1. The molecule has 1 saturated heterocycles. The molecule has 1 fully saturated rings. The Morgan fingerprint density at radius 1 is 1.42 bits per heavy atom. The van der Waals surface area contributed by atoms with E-state index in [-0.39, 0.29) is 16.7 Å². The second-order valence-corrected chi connectivity index (χ2v) is 6.99. The summed E-state index contributed by atoms with van der Waals surface area (Å²) in [4.78, 5) is 2.02. The maximum absolute atomic E-state index is 12.2. The molecule has 106 valence electrons. The molecule has 6 nitrogen and oxygen atoms in total. The number of aliphatic hydroxyl groups excluding tert-OH is 1. The van der Waals surface area contributed by atoms with Crippen molar-refractivity contribution in [3.05, 3.63) is 18.2 Å². The molecule has 0 amide bonds. The Balaban J connectivity index is 2.45. The Morgan fingerprint density at radius 3 is 2.63 bits per heavy atom. The van der Waals surface area contributed by atoms with Gasteiger partial charge in [0.15, 0.2) is 0 Å². The maximum atomic E-state index is 12.2. The van der Waals surface area contributed by atoms with Crippen molar-refractivity contribution in [2.45, 2.75) is 17.4 Å². The van der Waals surface area contributed by atoms with Gasteiger partial charge in [-0.05, 0) is 18.6 Å². The summed E-state index contributed by atoms with van der Waals surface area (Å²) in [6, 6.07) is 4.95. The summed E-state index contributed by atoms with van der Waals surface area (Å²) in [5.41, 5.74) is 6.91. The minimum Gasteiger partial charge on any atom is -0.396 e. The molecule has 1 heterocycles. The molecular weight excluding hydrogens is 266 g/mol. The number of β-amino-alcohol motifs (C(OH)–C–C–N with tert-alkyl or cyclic N) is 1. The Morgan fingerprint density at radius 2 is 2.11 bits per heavy atom. The number of sulfonamides is 1. The van der Waals surface area contributed by atoms with E-state index in [2.05, 4.69) is 0 Å². The molecule has 7 heteroatoms. The van der Waals surface area contributed by atoms with E-state index in [0.29, 0.717) is 25.2 Å². The van der Waals surface area contributed by atoms with E-state index in [4.69, 9.17) is 5.73 Å². The van der Waals surface area contributed by atoms with Crippen LogP contribution in [0.25, 0.3) is 0 Å². The molecule has 3 N–H and O–H groups in total. The fourth-order valence-corrected chi connectivity index (χ4v) is 3.22. The first-order valence-electron chi connectivity index (χ1n) is 6.08. The predicted molar refractivity (Wildman–Crippen MR) is 74.6 cm³/mol. The second-order valence-electron chi connectivity index (χ2n) is 4.86. The molecular formula is C12H19N3O3S. The van der Waals surface area contributed by atoms with Gasteiger partial charge in [-0.15, -0.1) is 0 Å². The number of nitrogens with zero attached hydrogens (tertiary/aromatic N) is 2. The Kier molecular flexibility index (Phi) is 3.71. The van der Waals surface area contributed by atoms with Crippen molar-refractivity contribution in [1.82, 2.24) is 4.31 Å². The molecule has 1 unspecified atom stereocenters. The van der Waals surface area contributed by atoms with Crippen molar-refractivity contribution in [3.8, 4) is 0 Å². The second kappa shape index (κ2) is 4.99. The van der Waals surface area contributed by atoms with Crippen LogP contribution in [-0.4, -0.2) is 51.1 Å². The van der Waals surface area contributed by atoms with E-state index < -0.39 is 10.0 Å². The summed E-state index contributed by atoms with van der Waals surface area (Å²) in [6.07, 6.45) is 0.290. The molecule has 1 aliphatic rings. The number of anilines is 2. The maximum Gasteiger partial charge on any atom is 0.244 e. The van der Waals surface area contributed by atoms with Gasteiger partial charge in [0.25, 0.3) is 0 Å². The number of nitrogens with two attached hydrogens (primary N) is 1. The molecule has 1 atom stereocenters. The molecule has 2 rings (SSSR count). The first-order valence-corrected chi connectivity index (χ1v) is 7.52. The van der Waals surface area contributed by atoms with Gasteiger partial charge in [-0.3, -0.25) is 0 Å². The highest BCUT2D eigenvalue weighted by molar-refractivity contribution is 7.89. The topological polar surface area (TPSA) is 86.9 Å². The highest BCUT2D eigenvalue weighted by Gasteiger charge is 2.26. The number of hydrogen-bond acceptors (Lipinski definition) is 5. The minimum atomic E-state index is -3.55. The Hall–Kier alpha value is -1.31. The molecule has 1 aromatic carbocycles. The van der Waals surface area contributed by atoms with Gasteiger partial charge >= 0.3 is 0 Å². The third kappa shape index (κ3) is 2.54. The van der Waals surface area contributed by atoms with Crippen molar-refractivity contribution in [2.75, 3.05) is 37.8 Å². The first kappa shape index (κ1) is 14.1. The fraction of sp³-hybridized carbons (Fsp3) is 0.500. The van der Waals surface area contributed by atoms with Gasteiger partial charge in [0.1, 0.15) is 4.90 Å². The highest BCUT2D eigenvalue weighted by Crippen LogP contribution is 2.32. The van der Waals surface area contributed by atoms with Gasteiger partial charge in [0, 0.05) is 27.2 Å². The van der Waals surface area contributed by atoms with Crippen molar-refractivity contribution < 1.29 is 13.5 Å². The van der Waals surface area contributed by atoms with Crippen LogP contribution in [0.15, 0.2) is 23.1 Å². The average molecular weight is 285 g/mol. The van der Waals surface area contributed by atoms with Gasteiger partial charge < -0.3 is 15.7 Å². The molecule has 0 radical (unpaired) electrons. The molecule has 1 aliphatic heterocycles. The van der Waals surface area contributed by atoms with Gasteiger partial charge in [0.05, 0.1) is 17.5 Å². The fourth-order valence-electron chi connectivity index (χ4n) is 2.19. The molecule has 19 heavy (non-hydrogen) atoms. The lowest BCUT2D eigenvalue weighted by molar-refractivity contribution is 0.198. The van der Waals surface area contributed by atoms with Gasteiger partial charge in [-0.1, -0.05) is 6.07 Å². The number of nitrogen functional groups attached to an aromatic ring is 1. The van der Waals surface area contributed by atoms with E-state index in [1.807, 2.05) is 4.90 Å². The van der Waals surface area contributed by atoms with Crippen molar-refractivity contribution >= 4 is 21.4 Å². The van der Waals surface area contributed by atoms with E-state index in [9.17, 15) is 13.5 Å². The number of aliphatic hydroxyl groups is 1. The Labute approximate surface area is 113 Å². The van der Waals surface area contributed by atoms with Crippen molar-refractivity contribution in [1.29, 1.82) is 0 Å². The lowest BCUT2D eigenvalue weighted by Crippen LogP contribution is -2.26. The highest BCUT2D eigenvalue weighted by atomic mass is 32.2. The predicted octanol–water partition coefficient (Wildman–Crippen LogP) is 0.0901. The third-order valence-electron chi connectivity index (χ3n) is 3.31. The number of benzene rings is 1. The van der Waals surface area contributed by atoms with Crippen LogP contribution in [0.3, 0.4) is 0 Å². The van der Waals surface area contributed by atoms with Crippen LogP contribution in [-0.2, 0) is 10.0 Å². The van der Waals surface area contributed by atoms with Crippen LogP contribution in [0, 0.1) is 0 Å². The zero-order chi connectivity index (χ0) is 14.2. The minimum absolute atomic E-state index is 0.108. The van der Waals surface area contributed by atoms with Gasteiger partial charge in [0.2, 0.25) is 10.0 Å². The summed E-state index contributed by atoms with van der Waals surface area (Å²) < 4.78 is 25.5. The van der Waals surface area contributed by atoms with E-state index in [0.717, 1.165) is 4.31 Å². The summed E-state index contributed by atoms with van der Waals surface area (Å²) >= 11 is 0. The lowest BCUT2D eigenvalue weighted by atomic mass is 10.2. The summed E-state index contributed by atoms with van der Waals surface area (Å²) in [6.45, 7) is 1.16. The standard InChI is InChI=1S/C12H19N3O3S/c1-14(2)19(17,18)11-5-3-4-10(12(11)13)15-7-6-9(16)8-15/h3-5,9,16H,6-8,13H2,1-2H3. The molecule has 0 spiro atoms. The monoisotopic (exact) mass is 285 g/mol. The van der Waals surface area contributed by atoms with E-state index >= 15 is 0 Å². The molecule has 0 aliphatic carbocycles. The van der Waals surface area contributed by atoms with Crippen molar-refractivity contribution in [2.24, 2.45) is 0 Å². The largest absolute Gasteiger partial charge is 0.396 e. The van der Waals surface area contributed by atoms with Gasteiger partial charge in [-0.2, -0.15) is 0 Å². The molecule has 0 aromatic heterocycles. The average Bonchev–Trinajstić information content (AvgIpc) is 2.75. The van der Waals surface area contributed by atoms with Crippen LogP contribution >= 0.6 is 0 Å². The molecule has 1 aromatic rings. The summed E-state index contributed by atoms with van der Waals surface area (Å²) in [5.74, 6) is 0. The number of para-hydroxylation sites is 1. The summed E-state index contributed by atoms with van der Waals surface area (Å²) in [7, 11) is -0.607. The lowest BCUT2D eigenvalue weighted by Gasteiger charge is -2.22. The third-order valence-corrected chi connectivity index (χ3v) is 5.18. The van der Waals surface area contributed by atoms with Crippen LogP contribution in [0.1, 0.15) is 6.42 Å². The quantitative estimate of drug-likeness (QED) is 0.769. The van der Waals surface area contributed by atoms with Crippen molar-refractivity contribution in [3.63, 3.8) is 0 Å². The van der Waals surface area contributed by atoms with E-state index in [1.54, 1.807) is 12.1 Å². The normalized spacial score (nSPS) is 20.2. The smallest absolute Gasteiger partial charge is 0.244 e. The summed E-state index contributed by atoms with van der Waals surface area (Å²) in [5, 5.41) is 9.56.